The first kappa shape index (κ1) is 36.3. The van der Waals surface area contributed by atoms with Gasteiger partial charge in [-0.2, -0.15) is 26.3 Å². The highest BCUT2D eigenvalue weighted by Gasteiger charge is 2.51. The van der Waals surface area contributed by atoms with Crippen molar-refractivity contribution in [3.63, 3.8) is 0 Å². The number of para-hydroxylation sites is 1. The zero-order valence-electron chi connectivity index (χ0n) is 25.2. The Labute approximate surface area is 267 Å². The van der Waals surface area contributed by atoms with Gasteiger partial charge in [-0.25, -0.2) is 9.59 Å². The molecule has 0 radical (unpaired) electrons. The van der Waals surface area contributed by atoms with Crippen LogP contribution < -0.4 is 15.4 Å². The summed E-state index contributed by atoms with van der Waals surface area (Å²) in [6, 6.07) is 10.4. The Bertz CT molecular complexity index is 1590. The van der Waals surface area contributed by atoms with Gasteiger partial charge in [0.05, 0.1) is 5.56 Å². The fourth-order valence-corrected chi connectivity index (χ4v) is 6.19. The molecule has 0 unspecified atom stereocenters. The third kappa shape index (κ3) is 8.49. The molecule has 2 bridgehead atoms. The number of halogens is 9. The van der Waals surface area contributed by atoms with Crippen molar-refractivity contribution in [2.24, 2.45) is 12.5 Å². The number of carbonyl (C=O) groups excluding carboxylic acids is 1. The first-order valence-corrected chi connectivity index (χ1v) is 14.5. The summed E-state index contributed by atoms with van der Waals surface area (Å²) in [5.41, 5.74) is -1.02. The number of amides is 2. The minimum atomic E-state index is -5.08. The summed E-state index contributed by atoms with van der Waals surface area (Å²) in [5.74, 6) is -2.29. The topological polar surface area (TPSA) is 118 Å². The van der Waals surface area contributed by atoms with Gasteiger partial charge in [-0.1, -0.05) is 36.4 Å². The van der Waals surface area contributed by atoms with Crippen LogP contribution >= 0.6 is 0 Å². The number of nitrogens with one attached hydrogen (secondary N) is 2. The average Bonchev–Trinajstić information content (AvgIpc) is 3.41. The molecule has 2 amide bonds. The lowest BCUT2D eigenvalue weighted by Gasteiger charge is -2.52. The van der Waals surface area contributed by atoms with Crippen molar-refractivity contribution >= 4 is 12.0 Å². The van der Waals surface area contributed by atoms with Crippen LogP contribution in [0.2, 0.25) is 0 Å². The summed E-state index contributed by atoms with van der Waals surface area (Å²) in [4.78, 5) is 21.4. The zero-order valence-corrected chi connectivity index (χ0v) is 25.2. The molecule has 0 atom stereocenters. The minimum Gasteiger partial charge on any atom is -0.475 e. The molecule has 6 rings (SSSR count). The number of urea groups is 1. The van der Waals surface area contributed by atoms with Gasteiger partial charge >= 0.3 is 30.7 Å². The second-order valence-corrected chi connectivity index (χ2v) is 11.7. The molecule has 2 aromatic carbocycles. The lowest BCUT2D eigenvalue weighted by Crippen LogP contribution is -2.51. The van der Waals surface area contributed by atoms with E-state index in [9.17, 15) is 44.3 Å². The number of hydrogen-bond acceptors (Lipinski definition) is 5. The molecule has 3 aliphatic carbocycles. The molecule has 1 aromatic heterocycles. The van der Waals surface area contributed by atoms with E-state index < -0.39 is 36.3 Å². The predicted molar refractivity (Wildman–Crippen MR) is 150 cm³/mol. The van der Waals surface area contributed by atoms with Crippen LogP contribution in [0.1, 0.15) is 55.5 Å². The largest absolute Gasteiger partial charge is 0.573 e. The highest BCUT2D eigenvalue weighted by atomic mass is 19.4. The fraction of sp³-hybridized carbons (Fsp3) is 0.467. The zero-order chi connectivity index (χ0) is 35.5. The van der Waals surface area contributed by atoms with Gasteiger partial charge in [-0.05, 0) is 56.1 Å². The summed E-state index contributed by atoms with van der Waals surface area (Å²) in [5, 5.41) is 21.1. The number of ether oxygens (including phenoxy) is 1. The first-order chi connectivity index (χ1) is 22.3. The normalized spacial score (nSPS) is 20.8. The molecule has 3 aliphatic rings. The molecule has 18 heteroatoms. The van der Waals surface area contributed by atoms with E-state index in [2.05, 4.69) is 25.6 Å². The Morgan fingerprint density at radius 2 is 1.42 bits per heavy atom. The number of benzene rings is 2. The van der Waals surface area contributed by atoms with Crippen molar-refractivity contribution in [1.29, 1.82) is 0 Å². The summed E-state index contributed by atoms with van der Waals surface area (Å²) in [6.07, 6.45) is -9.81. The van der Waals surface area contributed by atoms with Crippen molar-refractivity contribution in [1.82, 2.24) is 25.4 Å². The fourth-order valence-electron chi connectivity index (χ4n) is 6.19. The molecule has 1 heterocycles. The molecule has 0 saturated heterocycles. The third-order valence-corrected chi connectivity index (χ3v) is 8.73. The van der Waals surface area contributed by atoms with Crippen molar-refractivity contribution in [3.05, 3.63) is 65.5 Å². The monoisotopic (exact) mass is 695 g/mol. The van der Waals surface area contributed by atoms with Gasteiger partial charge in [0.15, 0.2) is 5.82 Å². The lowest BCUT2D eigenvalue weighted by molar-refractivity contribution is -0.274. The van der Waals surface area contributed by atoms with Crippen LogP contribution in [0.3, 0.4) is 0 Å². The van der Waals surface area contributed by atoms with Gasteiger partial charge < -0.3 is 25.0 Å². The maximum Gasteiger partial charge on any atom is 0.573 e. The van der Waals surface area contributed by atoms with E-state index in [1.165, 1.54) is 30.3 Å². The van der Waals surface area contributed by atoms with Crippen LogP contribution in [0.15, 0.2) is 48.5 Å². The van der Waals surface area contributed by atoms with E-state index in [4.69, 9.17) is 9.90 Å². The van der Waals surface area contributed by atoms with Crippen molar-refractivity contribution < 1.29 is 58.9 Å². The Hall–Kier alpha value is -4.51. The van der Waals surface area contributed by atoms with Crippen LogP contribution in [-0.4, -0.2) is 51.0 Å². The van der Waals surface area contributed by atoms with Gasteiger partial charge in [0.25, 0.3) is 0 Å². The Morgan fingerprint density at radius 3 is 1.98 bits per heavy atom. The molecule has 3 saturated carbocycles. The molecule has 48 heavy (non-hydrogen) atoms. The summed E-state index contributed by atoms with van der Waals surface area (Å²) < 4.78 is 116. The van der Waals surface area contributed by atoms with Gasteiger partial charge in [0.1, 0.15) is 11.6 Å². The molecule has 9 nitrogen and oxygen atoms in total. The van der Waals surface area contributed by atoms with Gasteiger partial charge in [-0.15, -0.1) is 23.4 Å². The van der Waals surface area contributed by atoms with Crippen LogP contribution in [-0.2, 0) is 30.0 Å². The quantitative estimate of drug-likeness (QED) is 0.227. The maximum absolute atomic E-state index is 13.6. The number of carboxylic acid groups (broad SMARTS) is 1. The number of fused-ring (bicyclic) bond motifs is 3. The number of carbonyl (C=O) groups is 2. The van der Waals surface area contributed by atoms with E-state index in [1.54, 1.807) is 23.7 Å². The van der Waals surface area contributed by atoms with E-state index in [1.807, 2.05) is 0 Å². The van der Waals surface area contributed by atoms with Crippen LogP contribution in [0.25, 0.3) is 11.4 Å². The van der Waals surface area contributed by atoms with E-state index >= 15 is 0 Å². The van der Waals surface area contributed by atoms with Crippen LogP contribution in [0.5, 0.6) is 5.75 Å². The van der Waals surface area contributed by atoms with Gasteiger partial charge in [-0.3, -0.25) is 0 Å². The number of aliphatic carboxylic acids is 1. The Balaban J connectivity index is 0.000000671. The second-order valence-electron chi connectivity index (χ2n) is 11.7. The van der Waals surface area contributed by atoms with Crippen molar-refractivity contribution in [2.45, 2.75) is 69.2 Å². The number of nitrogens with zero attached hydrogens (tertiary/aromatic N) is 3. The van der Waals surface area contributed by atoms with Gasteiger partial charge in [0, 0.05) is 36.7 Å². The lowest BCUT2D eigenvalue weighted by atomic mass is 9.53. The molecule has 0 aliphatic heterocycles. The second kappa shape index (κ2) is 13.5. The Kier molecular flexibility index (Phi) is 10.2. The Morgan fingerprint density at radius 1 is 0.854 bits per heavy atom. The highest BCUT2D eigenvalue weighted by molar-refractivity contribution is 5.74. The predicted octanol–water partition coefficient (Wildman–Crippen LogP) is 7.12. The van der Waals surface area contributed by atoms with Crippen molar-refractivity contribution in [3.8, 4) is 17.1 Å². The van der Waals surface area contributed by atoms with Gasteiger partial charge in [0.2, 0.25) is 0 Å². The summed E-state index contributed by atoms with van der Waals surface area (Å²) in [6.45, 7) is 0.263. The summed E-state index contributed by atoms with van der Waals surface area (Å²) in [7, 11) is 1.70. The first-order valence-electron chi connectivity index (χ1n) is 14.5. The van der Waals surface area contributed by atoms with Crippen LogP contribution in [0.4, 0.5) is 44.3 Å². The highest BCUT2D eigenvalue weighted by Crippen LogP contribution is 2.57. The number of hydrogen-bond donors (Lipinski definition) is 3. The number of aromatic nitrogens is 3. The number of carboxylic acids is 1. The number of rotatable bonds is 7. The molecule has 0 spiro atoms. The molecule has 3 aromatic rings. The van der Waals surface area contributed by atoms with E-state index in [0.29, 0.717) is 12.4 Å². The molecule has 3 N–H and O–H groups in total. The molecular weight excluding hydrogens is 665 g/mol. The smallest absolute Gasteiger partial charge is 0.475 e. The molecule has 262 valence electrons. The third-order valence-electron chi connectivity index (χ3n) is 8.73. The minimum absolute atomic E-state index is 0.0126. The van der Waals surface area contributed by atoms with E-state index in [-0.39, 0.29) is 40.1 Å². The van der Waals surface area contributed by atoms with Crippen molar-refractivity contribution in [2.75, 3.05) is 6.54 Å². The molecular formula is C30H30F9N5O4. The average molecular weight is 696 g/mol. The van der Waals surface area contributed by atoms with E-state index in [0.717, 1.165) is 44.6 Å². The number of alkyl halides is 9. The maximum atomic E-state index is 13.6. The SMILES string of the molecule is Cn1c(-c2ccccc2C(F)(F)F)nnc1C12CCC(CNC(=O)NCc3ccccc3OC(F)(F)F)(CC1)CC2.O=C(O)C(F)(F)F. The standard InChI is InChI=1S/C28H29F6N5O2.C2HF3O2/c1-39-22(19-7-3-4-8-20(19)27(29,30)31)37-38-23(39)26-13-10-25(11-14-26,12-15-26)17-36-24(40)35-16-18-6-2-5-9-21(18)41-28(32,33)34;3-2(4,5)1(6)7/h2-9H,10-17H2,1H3,(H2,35,36,40);(H,6,7). The molecule has 3 fully saturated rings. The van der Waals surface area contributed by atoms with Crippen LogP contribution in [0, 0.1) is 5.41 Å². The summed E-state index contributed by atoms with van der Waals surface area (Å²) >= 11 is 0.